The molecule has 5 heteroatoms. The zero-order valence-electron chi connectivity index (χ0n) is 10.1. The van der Waals surface area contributed by atoms with Gasteiger partial charge in [0.15, 0.2) is 0 Å². The van der Waals surface area contributed by atoms with Crippen LogP contribution in [0.3, 0.4) is 0 Å². The third-order valence-electron chi connectivity index (χ3n) is 3.37. The summed E-state index contributed by atoms with van der Waals surface area (Å²) in [5.41, 5.74) is 0.834. The number of piperidine rings is 1. The van der Waals surface area contributed by atoms with E-state index in [2.05, 4.69) is 34.5 Å². The molecule has 0 aliphatic carbocycles. The van der Waals surface area contributed by atoms with Gasteiger partial charge in [-0.3, -0.25) is 4.79 Å². The van der Waals surface area contributed by atoms with E-state index in [0.717, 1.165) is 31.5 Å². The molecule has 0 radical (unpaired) electrons. The fraction of sp³-hybridized carbons (Fsp3) is 0.583. The van der Waals surface area contributed by atoms with Gasteiger partial charge in [0.05, 0.1) is 8.45 Å². The van der Waals surface area contributed by atoms with E-state index in [1.165, 1.54) is 2.88 Å². The highest BCUT2D eigenvalue weighted by atomic mass is 127. The maximum atomic E-state index is 12.3. The number of hydrogen-bond donors (Lipinski definition) is 0. The van der Waals surface area contributed by atoms with Crippen LogP contribution < -0.4 is 0 Å². The third-order valence-corrected chi connectivity index (χ3v) is 5.16. The minimum atomic E-state index is 0.165. The second kappa shape index (κ2) is 5.67. The Morgan fingerprint density at radius 2 is 2.18 bits per heavy atom. The van der Waals surface area contributed by atoms with Crippen LogP contribution in [-0.4, -0.2) is 48.9 Å². The lowest BCUT2D eigenvalue weighted by Gasteiger charge is -2.35. The number of amides is 1. The van der Waals surface area contributed by atoms with Crippen molar-refractivity contribution in [1.29, 1.82) is 0 Å². The molecule has 17 heavy (non-hydrogen) atoms. The van der Waals surface area contributed by atoms with Gasteiger partial charge in [-0.05, 0) is 61.6 Å². The number of carbonyl (C=O) groups is 1. The summed E-state index contributed by atoms with van der Waals surface area (Å²) in [6, 6.07) is 2.37. The lowest BCUT2D eigenvalue weighted by Crippen LogP contribution is -2.44. The van der Waals surface area contributed by atoms with E-state index < -0.39 is 0 Å². The summed E-state index contributed by atoms with van der Waals surface area (Å²) < 4.78 is 1.17. The quantitative estimate of drug-likeness (QED) is 0.753. The summed E-state index contributed by atoms with van der Waals surface area (Å²) >= 11 is 3.88. The van der Waals surface area contributed by atoms with Gasteiger partial charge in [0.2, 0.25) is 0 Å². The maximum absolute atomic E-state index is 12.3. The number of nitrogens with zero attached hydrogens (tertiary/aromatic N) is 2. The largest absolute Gasteiger partial charge is 0.339 e. The molecule has 1 aromatic rings. The van der Waals surface area contributed by atoms with Gasteiger partial charge in [0.25, 0.3) is 5.91 Å². The number of carbonyl (C=O) groups excluding carboxylic acids is 1. The van der Waals surface area contributed by atoms with Crippen molar-refractivity contribution < 1.29 is 4.79 Å². The highest BCUT2D eigenvalue weighted by Gasteiger charge is 2.24. The van der Waals surface area contributed by atoms with Gasteiger partial charge in [-0.2, -0.15) is 0 Å². The average molecular weight is 364 g/mol. The molecule has 2 rings (SSSR count). The van der Waals surface area contributed by atoms with Crippen LogP contribution in [0, 0.1) is 2.88 Å². The Balaban J connectivity index is 2.00. The molecule has 0 bridgehead atoms. The molecule has 1 aliphatic heterocycles. The summed E-state index contributed by atoms with van der Waals surface area (Å²) in [5, 5.41) is 1.95. The number of halogens is 1. The molecular weight excluding hydrogens is 347 g/mol. The van der Waals surface area contributed by atoms with E-state index >= 15 is 0 Å². The molecule has 1 aromatic heterocycles. The van der Waals surface area contributed by atoms with Gasteiger partial charge in [-0.15, -0.1) is 11.3 Å². The van der Waals surface area contributed by atoms with Crippen LogP contribution in [-0.2, 0) is 0 Å². The Morgan fingerprint density at radius 3 is 2.71 bits per heavy atom. The lowest BCUT2D eigenvalue weighted by atomic mass is 10.0. The van der Waals surface area contributed by atoms with E-state index in [1.54, 1.807) is 11.3 Å². The van der Waals surface area contributed by atoms with Gasteiger partial charge >= 0.3 is 0 Å². The van der Waals surface area contributed by atoms with Crippen molar-refractivity contribution in [2.75, 3.05) is 27.2 Å². The summed E-state index contributed by atoms with van der Waals surface area (Å²) in [6.45, 7) is 2.17. The van der Waals surface area contributed by atoms with Crippen LogP contribution in [0.5, 0.6) is 0 Å². The van der Waals surface area contributed by atoms with Gasteiger partial charge in [-0.1, -0.05) is 0 Å². The normalized spacial score (nSPS) is 18.3. The molecule has 1 aliphatic rings. The van der Waals surface area contributed by atoms with E-state index in [0.29, 0.717) is 6.04 Å². The Morgan fingerprint density at radius 1 is 1.53 bits per heavy atom. The van der Waals surface area contributed by atoms with Crippen LogP contribution in [0.25, 0.3) is 0 Å². The van der Waals surface area contributed by atoms with Crippen molar-refractivity contribution in [2.24, 2.45) is 0 Å². The van der Waals surface area contributed by atoms with Crippen molar-refractivity contribution in [3.05, 3.63) is 19.9 Å². The zero-order chi connectivity index (χ0) is 12.4. The number of hydrogen-bond acceptors (Lipinski definition) is 3. The van der Waals surface area contributed by atoms with Crippen molar-refractivity contribution in [3.8, 4) is 0 Å². The molecule has 3 nitrogen and oxygen atoms in total. The van der Waals surface area contributed by atoms with Crippen molar-refractivity contribution in [3.63, 3.8) is 0 Å². The third kappa shape index (κ3) is 3.20. The highest BCUT2D eigenvalue weighted by Crippen LogP contribution is 2.21. The lowest BCUT2D eigenvalue weighted by molar-refractivity contribution is 0.0660. The van der Waals surface area contributed by atoms with Crippen molar-refractivity contribution in [2.45, 2.75) is 18.9 Å². The molecule has 0 unspecified atom stereocenters. The Kier molecular flexibility index (Phi) is 4.43. The van der Waals surface area contributed by atoms with E-state index in [1.807, 2.05) is 23.4 Å². The fourth-order valence-electron chi connectivity index (χ4n) is 2.17. The highest BCUT2D eigenvalue weighted by molar-refractivity contribution is 14.1. The first kappa shape index (κ1) is 13.3. The Labute approximate surface area is 120 Å². The summed E-state index contributed by atoms with van der Waals surface area (Å²) in [7, 11) is 4.07. The summed E-state index contributed by atoms with van der Waals surface area (Å²) in [4.78, 5) is 16.5. The molecule has 2 heterocycles. The SMILES string of the molecule is CN1CCC(N(C)C(=O)c2csc(I)c2)CC1. The second-order valence-electron chi connectivity index (χ2n) is 4.59. The molecule has 0 atom stereocenters. The molecule has 0 spiro atoms. The summed E-state index contributed by atoms with van der Waals surface area (Å²) in [6.07, 6.45) is 2.17. The van der Waals surface area contributed by atoms with E-state index in [9.17, 15) is 4.79 Å². The topological polar surface area (TPSA) is 23.6 Å². The fourth-order valence-corrected chi connectivity index (χ4v) is 3.49. The van der Waals surface area contributed by atoms with E-state index in [4.69, 9.17) is 0 Å². The maximum Gasteiger partial charge on any atom is 0.254 e. The van der Waals surface area contributed by atoms with Crippen molar-refractivity contribution >= 4 is 39.8 Å². The first-order chi connectivity index (χ1) is 8.08. The first-order valence-electron chi connectivity index (χ1n) is 5.77. The van der Waals surface area contributed by atoms with Gasteiger partial charge in [-0.25, -0.2) is 0 Å². The van der Waals surface area contributed by atoms with Gasteiger partial charge in [0.1, 0.15) is 0 Å². The molecule has 0 N–H and O–H groups in total. The Hall–Kier alpha value is -0.140. The van der Waals surface area contributed by atoms with Crippen LogP contribution in [0.15, 0.2) is 11.4 Å². The Bertz CT molecular complexity index is 399. The number of likely N-dealkylation sites (tertiary alicyclic amines) is 1. The zero-order valence-corrected chi connectivity index (χ0v) is 13.1. The van der Waals surface area contributed by atoms with Crippen LogP contribution in [0.2, 0.25) is 0 Å². The standard InChI is InChI=1S/C12H17IN2OS/c1-14-5-3-10(4-6-14)15(2)12(16)9-7-11(13)17-8-9/h7-8,10H,3-6H2,1-2H3. The van der Waals surface area contributed by atoms with Gasteiger partial charge < -0.3 is 9.80 Å². The number of rotatable bonds is 2. The van der Waals surface area contributed by atoms with Crippen molar-refractivity contribution in [1.82, 2.24) is 9.80 Å². The number of thiophene rings is 1. The molecule has 1 fully saturated rings. The predicted molar refractivity (Wildman–Crippen MR) is 79.6 cm³/mol. The molecule has 94 valence electrons. The first-order valence-corrected chi connectivity index (χ1v) is 7.73. The molecule has 0 aromatic carbocycles. The minimum Gasteiger partial charge on any atom is -0.339 e. The summed E-state index contributed by atoms with van der Waals surface area (Å²) in [5.74, 6) is 0.165. The van der Waals surface area contributed by atoms with Gasteiger partial charge in [0, 0.05) is 18.5 Å². The average Bonchev–Trinajstić information content (AvgIpc) is 2.75. The van der Waals surface area contributed by atoms with E-state index in [-0.39, 0.29) is 5.91 Å². The minimum absolute atomic E-state index is 0.165. The monoisotopic (exact) mass is 364 g/mol. The second-order valence-corrected chi connectivity index (χ2v) is 7.40. The van der Waals surface area contributed by atoms with Crippen LogP contribution >= 0.6 is 33.9 Å². The molecular formula is C12H17IN2OS. The van der Waals surface area contributed by atoms with Crippen LogP contribution in [0.1, 0.15) is 23.2 Å². The van der Waals surface area contributed by atoms with Crippen LogP contribution in [0.4, 0.5) is 0 Å². The molecule has 1 amide bonds. The molecule has 0 saturated carbocycles. The smallest absolute Gasteiger partial charge is 0.254 e. The predicted octanol–water partition coefficient (Wildman–Crippen LogP) is 2.52. The molecule has 1 saturated heterocycles.